The Bertz CT molecular complexity index is 1540. The van der Waals surface area contributed by atoms with E-state index in [4.69, 9.17) is 9.47 Å². The van der Waals surface area contributed by atoms with Crippen molar-refractivity contribution in [3.05, 3.63) is 88.9 Å². The fraction of sp³-hybridized carbons (Fsp3) is 0.154. The van der Waals surface area contributed by atoms with Crippen molar-refractivity contribution in [2.24, 2.45) is 0 Å². The van der Waals surface area contributed by atoms with E-state index in [1.54, 1.807) is 23.6 Å². The van der Waals surface area contributed by atoms with Crippen molar-refractivity contribution in [2.45, 2.75) is 13.0 Å². The van der Waals surface area contributed by atoms with Crippen LogP contribution in [0.2, 0.25) is 0 Å². The Kier molecular flexibility index (Phi) is 6.88. The number of rotatable bonds is 9. The standard InChI is InChI=1S/C26H23N3O5S2/c30-25(27-15-18-10-11-23-24(13-18)34-17-33-23)14-21-16-35-26(28-21)29-36(31,32)12-4-8-20-7-3-6-19-5-1-2-9-22(19)20/h1-11,13,16H,12,14-15,17H2,(H,27,30)(H,28,29). The lowest BCUT2D eigenvalue weighted by Gasteiger charge is -2.05. The molecular weight excluding hydrogens is 498 g/mol. The highest BCUT2D eigenvalue weighted by molar-refractivity contribution is 7.93. The number of benzene rings is 3. The molecule has 1 amide bonds. The van der Waals surface area contributed by atoms with Gasteiger partial charge >= 0.3 is 0 Å². The molecule has 36 heavy (non-hydrogen) atoms. The van der Waals surface area contributed by atoms with E-state index in [0.29, 0.717) is 23.7 Å². The van der Waals surface area contributed by atoms with Crippen molar-refractivity contribution in [1.29, 1.82) is 0 Å². The Morgan fingerprint density at radius 2 is 1.89 bits per heavy atom. The smallest absolute Gasteiger partial charge is 0.238 e. The van der Waals surface area contributed by atoms with Gasteiger partial charge in [-0.1, -0.05) is 60.7 Å². The van der Waals surface area contributed by atoms with Gasteiger partial charge in [-0.3, -0.25) is 9.52 Å². The maximum Gasteiger partial charge on any atom is 0.238 e. The third-order valence-corrected chi connectivity index (χ3v) is 7.57. The summed E-state index contributed by atoms with van der Waals surface area (Å²) in [6.45, 7) is 0.531. The molecule has 0 unspecified atom stereocenters. The number of aromatic nitrogens is 1. The molecule has 0 spiro atoms. The Morgan fingerprint density at radius 3 is 2.81 bits per heavy atom. The molecule has 0 fully saturated rings. The number of amides is 1. The highest BCUT2D eigenvalue weighted by Gasteiger charge is 2.15. The van der Waals surface area contributed by atoms with Crippen LogP contribution in [0.15, 0.2) is 72.1 Å². The normalized spacial score (nSPS) is 12.8. The number of nitrogens with zero attached hydrogens (tertiary/aromatic N) is 1. The first-order valence-corrected chi connectivity index (χ1v) is 13.7. The molecule has 2 N–H and O–H groups in total. The van der Waals surface area contributed by atoms with Crippen LogP contribution in [-0.2, 0) is 27.8 Å². The minimum Gasteiger partial charge on any atom is -0.454 e. The third kappa shape index (κ3) is 5.84. The second-order valence-electron chi connectivity index (χ2n) is 8.14. The van der Waals surface area contributed by atoms with Crippen LogP contribution in [0.4, 0.5) is 5.13 Å². The van der Waals surface area contributed by atoms with Gasteiger partial charge in [0.25, 0.3) is 0 Å². The number of nitrogens with one attached hydrogen (secondary N) is 2. The second kappa shape index (κ2) is 10.4. The van der Waals surface area contributed by atoms with Crippen molar-refractivity contribution in [3.8, 4) is 11.5 Å². The van der Waals surface area contributed by atoms with Gasteiger partial charge in [-0.05, 0) is 34.0 Å². The van der Waals surface area contributed by atoms with E-state index >= 15 is 0 Å². The first-order chi connectivity index (χ1) is 17.4. The lowest BCUT2D eigenvalue weighted by atomic mass is 10.0. The van der Waals surface area contributed by atoms with Crippen molar-refractivity contribution in [1.82, 2.24) is 10.3 Å². The van der Waals surface area contributed by atoms with Crippen molar-refractivity contribution in [2.75, 3.05) is 17.3 Å². The first kappa shape index (κ1) is 23.8. The minimum absolute atomic E-state index is 0.0454. The Hall–Kier alpha value is -3.89. The number of ether oxygens (including phenoxy) is 2. The number of carbonyl (C=O) groups is 1. The number of carbonyl (C=O) groups excluding carboxylic acids is 1. The van der Waals surface area contributed by atoms with Gasteiger partial charge in [-0.25, -0.2) is 13.4 Å². The molecule has 1 aromatic heterocycles. The summed E-state index contributed by atoms with van der Waals surface area (Å²) in [6.07, 6.45) is 3.46. The topological polar surface area (TPSA) is 107 Å². The zero-order valence-corrected chi connectivity index (χ0v) is 20.8. The van der Waals surface area contributed by atoms with Gasteiger partial charge < -0.3 is 14.8 Å². The molecule has 0 saturated heterocycles. The average Bonchev–Trinajstić information content (AvgIpc) is 3.51. The van der Waals surface area contributed by atoms with Crippen molar-refractivity contribution < 1.29 is 22.7 Å². The summed E-state index contributed by atoms with van der Waals surface area (Å²) in [7, 11) is -3.64. The van der Waals surface area contributed by atoms with Crippen LogP contribution in [-0.4, -0.2) is 31.9 Å². The lowest BCUT2D eigenvalue weighted by molar-refractivity contribution is -0.120. The van der Waals surface area contributed by atoms with Crippen molar-refractivity contribution >= 4 is 49.2 Å². The Morgan fingerprint density at radius 1 is 1.06 bits per heavy atom. The summed E-state index contributed by atoms with van der Waals surface area (Å²) in [6, 6.07) is 19.3. The number of thiazole rings is 1. The van der Waals surface area contributed by atoms with Crippen LogP contribution in [0.25, 0.3) is 16.8 Å². The fourth-order valence-electron chi connectivity index (χ4n) is 3.79. The van der Waals surface area contributed by atoms with E-state index in [1.165, 1.54) is 0 Å². The summed E-state index contributed by atoms with van der Waals surface area (Å²) in [5, 5.41) is 6.88. The van der Waals surface area contributed by atoms with Crippen LogP contribution in [0.5, 0.6) is 11.5 Å². The van der Waals surface area contributed by atoms with Gasteiger partial charge in [0.15, 0.2) is 16.6 Å². The molecule has 4 aromatic rings. The molecule has 0 bridgehead atoms. The number of anilines is 1. The van der Waals surface area contributed by atoms with Crippen LogP contribution in [0.1, 0.15) is 16.8 Å². The molecule has 1 aliphatic heterocycles. The number of fused-ring (bicyclic) bond motifs is 2. The molecule has 5 rings (SSSR count). The molecule has 2 heterocycles. The average molecular weight is 522 g/mol. The van der Waals surface area contributed by atoms with E-state index in [-0.39, 0.29) is 30.0 Å². The summed E-state index contributed by atoms with van der Waals surface area (Å²) >= 11 is 1.14. The quantitative estimate of drug-likeness (QED) is 0.339. The maximum atomic E-state index is 12.5. The second-order valence-corrected chi connectivity index (χ2v) is 10.8. The summed E-state index contributed by atoms with van der Waals surface area (Å²) in [5.74, 6) is 0.934. The number of hydrogen-bond acceptors (Lipinski definition) is 7. The van der Waals surface area contributed by atoms with E-state index in [2.05, 4.69) is 15.0 Å². The van der Waals surface area contributed by atoms with Crippen LogP contribution >= 0.6 is 11.3 Å². The summed E-state index contributed by atoms with van der Waals surface area (Å²) < 4.78 is 38.2. The number of sulfonamides is 1. The van der Waals surface area contributed by atoms with Crippen molar-refractivity contribution in [3.63, 3.8) is 0 Å². The van der Waals surface area contributed by atoms with E-state index in [9.17, 15) is 13.2 Å². The van der Waals surface area contributed by atoms with Gasteiger partial charge in [0.1, 0.15) is 0 Å². The minimum atomic E-state index is -3.64. The molecule has 8 nitrogen and oxygen atoms in total. The van der Waals surface area contributed by atoms with Gasteiger partial charge in [0, 0.05) is 11.9 Å². The van der Waals surface area contributed by atoms with Crippen LogP contribution in [0.3, 0.4) is 0 Å². The summed E-state index contributed by atoms with van der Waals surface area (Å²) in [4.78, 5) is 16.6. The summed E-state index contributed by atoms with van der Waals surface area (Å²) in [5.41, 5.74) is 2.33. The van der Waals surface area contributed by atoms with Crippen LogP contribution < -0.4 is 19.5 Å². The largest absolute Gasteiger partial charge is 0.454 e. The predicted molar refractivity (Wildman–Crippen MR) is 141 cm³/mol. The zero-order valence-electron chi connectivity index (χ0n) is 19.1. The zero-order chi connectivity index (χ0) is 25.0. The van der Waals surface area contributed by atoms with Gasteiger partial charge in [-0.2, -0.15) is 0 Å². The Balaban J connectivity index is 1.13. The fourth-order valence-corrected chi connectivity index (χ4v) is 5.66. The molecule has 0 atom stereocenters. The highest BCUT2D eigenvalue weighted by atomic mass is 32.2. The van der Waals surface area contributed by atoms with Gasteiger partial charge in [-0.15, -0.1) is 11.3 Å². The molecule has 3 aromatic carbocycles. The Labute approximate surface area is 212 Å². The SMILES string of the molecule is O=C(Cc1csc(NS(=O)(=O)CC=Cc2cccc3ccccc23)n1)NCc1ccc2c(c1)OCO2. The van der Waals surface area contributed by atoms with E-state index in [0.717, 1.165) is 33.2 Å². The molecule has 0 radical (unpaired) electrons. The molecular formula is C26H23N3O5S2. The molecule has 10 heteroatoms. The molecule has 1 aliphatic rings. The van der Waals surface area contributed by atoms with Gasteiger partial charge in [0.2, 0.25) is 22.7 Å². The molecule has 0 aliphatic carbocycles. The maximum absolute atomic E-state index is 12.5. The van der Waals surface area contributed by atoms with Crippen LogP contribution in [0, 0.1) is 0 Å². The number of hydrogen-bond donors (Lipinski definition) is 2. The molecule has 0 saturated carbocycles. The van der Waals surface area contributed by atoms with E-state index in [1.807, 2.05) is 54.6 Å². The first-order valence-electron chi connectivity index (χ1n) is 11.2. The monoisotopic (exact) mass is 521 g/mol. The highest BCUT2D eigenvalue weighted by Crippen LogP contribution is 2.32. The lowest BCUT2D eigenvalue weighted by Crippen LogP contribution is -2.24. The van der Waals surface area contributed by atoms with E-state index < -0.39 is 10.0 Å². The predicted octanol–water partition coefficient (Wildman–Crippen LogP) is 4.34. The third-order valence-electron chi connectivity index (χ3n) is 5.50. The molecule has 184 valence electrons. The van der Waals surface area contributed by atoms with Gasteiger partial charge in [0.05, 0.1) is 17.9 Å².